The van der Waals surface area contributed by atoms with Gasteiger partial charge in [0.1, 0.15) is 6.04 Å². The van der Waals surface area contributed by atoms with Crippen molar-refractivity contribution in [3.8, 4) is 0 Å². The van der Waals surface area contributed by atoms with Crippen LogP contribution in [0.4, 0.5) is 11.6 Å². The predicted molar refractivity (Wildman–Crippen MR) is 129 cm³/mol. The molecule has 1 amide bonds. The standard InChI is InChI=1S/C24H24N6OS/c1-4-32-24-28-23-26-15(3)20(22(31)27-16-9-7-8-14(2)12-16)21(30(23)29-24)18-13-25-19-11-6-5-10-17(18)19/h5-13,21,25H,4H2,1-3H3,(H,27,31)(H,26,28,29). The number of nitrogens with one attached hydrogen (secondary N) is 3. The molecule has 1 unspecified atom stereocenters. The zero-order valence-corrected chi connectivity index (χ0v) is 19.0. The van der Waals surface area contributed by atoms with E-state index in [0.29, 0.717) is 16.7 Å². The van der Waals surface area contributed by atoms with Crippen LogP contribution < -0.4 is 10.6 Å². The SMILES string of the molecule is CCSc1nc2n(n1)C(c1c[nH]c3ccccc13)C(C(=O)Nc1cccc(C)c1)=C(C)N2. The van der Waals surface area contributed by atoms with Crippen LogP contribution in [-0.2, 0) is 4.79 Å². The third-order valence-electron chi connectivity index (χ3n) is 5.54. The van der Waals surface area contributed by atoms with E-state index in [1.165, 1.54) is 0 Å². The van der Waals surface area contributed by atoms with E-state index in [4.69, 9.17) is 5.10 Å². The van der Waals surface area contributed by atoms with E-state index < -0.39 is 6.04 Å². The first-order valence-electron chi connectivity index (χ1n) is 10.6. The van der Waals surface area contributed by atoms with Gasteiger partial charge in [0.2, 0.25) is 11.1 Å². The van der Waals surface area contributed by atoms with Crippen molar-refractivity contribution in [3.05, 3.63) is 77.1 Å². The summed E-state index contributed by atoms with van der Waals surface area (Å²) in [7, 11) is 0. The fourth-order valence-corrected chi connectivity index (χ4v) is 4.70. The van der Waals surface area contributed by atoms with Gasteiger partial charge in [-0.25, -0.2) is 4.68 Å². The van der Waals surface area contributed by atoms with Crippen molar-refractivity contribution in [2.45, 2.75) is 32.0 Å². The van der Waals surface area contributed by atoms with Crippen LogP contribution in [0.3, 0.4) is 0 Å². The molecule has 2 aromatic carbocycles. The van der Waals surface area contributed by atoms with Crippen molar-refractivity contribution in [3.63, 3.8) is 0 Å². The third kappa shape index (κ3) is 3.56. The van der Waals surface area contributed by atoms with Gasteiger partial charge in [-0.15, -0.1) is 5.10 Å². The van der Waals surface area contributed by atoms with Crippen molar-refractivity contribution < 1.29 is 4.79 Å². The molecule has 0 bridgehead atoms. The minimum Gasteiger partial charge on any atom is -0.361 e. The minimum absolute atomic E-state index is 0.165. The summed E-state index contributed by atoms with van der Waals surface area (Å²) in [6.07, 6.45) is 1.96. The monoisotopic (exact) mass is 444 g/mol. The molecule has 3 heterocycles. The summed E-state index contributed by atoms with van der Waals surface area (Å²) in [5.74, 6) is 1.34. The number of aromatic amines is 1. The molecule has 0 saturated carbocycles. The van der Waals surface area contributed by atoms with Crippen molar-refractivity contribution in [1.82, 2.24) is 19.7 Å². The van der Waals surface area contributed by atoms with Gasteiger partial charge in [-0.2, -0.15) is 4.98 Å². The van der Waals surface area contributed by atoms with Crippen LogP contribution in [0.15, 0.2) is 71.2 Å². The largest absolute Gasteiger partial charge is 0.361 e. The number of amides is 1. The van der Waals surface area contributed by atoms with Crippen LogP contribution in [0.5, 0.6) is 0 Å². The highest BCUT2D eigenvalue weighted by Gasteiger charge is 2.35. The first-order valence-corrected chi connectivity index (χ1v) is 11.5. The molecule has 1 atom stereocenters. The molecule has 1 aliphatic heterocycles. The number of benzene rings is 2. The van der Waals surface area contributed by atoms with Crippen molar-refractivity contribution in [2.75, 3.05) is 16.4 Å². The molecule has 162 valence electrons. The van der Waals surface area contributed by atoms with Crippen LogP contribution in [0.25, 0.3) is 10.9 Å². The Morgan fingerprint density at radius 1 is 1.19 bits per heavy atom. The van der Waals surface area contributed by atoms with Gasteiger partial charge < -0.3 is 15.6 Å². The lowest BCUT2D eigenvalue weighted by Gasteiger charge is -2.28. The van der Waals surface area contributed by atoms with E-state index in [0.717, 1.165) is 39.2 Å². The smallest absolute Gasteiger partial charge is 0.255 e. The van der Waals surface area contributed by atoms with Crippen molar-refractivity contribution in [1.29, 1.82) is 0 Å². The maximum Gasteiger partial charge on any atom is 0.255 e. The number of anilines is 2. The number of hydrogen-bond acceptors (Lipinski definition) is 5. The highest BCUT2D eigenvalue weighted by atomic mass is 32.2. The Hall–Kier alpha value is -3.52. The number of rotatable bonds is 5. The minimum atomic E-state index is -0.411. The second-order valence-electron chi connectivity index (χ2n) is 7.77. The van der Waals surface area contributed by atoms with E-state index in [1.54, 1.807) is 11.8 Å². The molecule has 2 aromatic heterocycles. The molecule has 0 radical (unpaired) electrons. The lowest BCUT2D eigenvalue weighted by Crippen LogP contribution is -2.31. The Bertz CT molecular complexity index is 1350. The van der Waals surface area contributed by atoms with Gasteiger partial charge in [-0.1, -0.05) is 49.0 Å². The average molecular weight is 445 g/mol. The molecule has 4 aromatic rings. The summed E-state index contributed by atoms with van der Waals surface area (Å²) in [4.78, 5) is 21.6. The summed E-state index contributed by atoms with van der Waals surface area (Å²) < 4.78 is 1.83. The Labute approximate surface area is 190 Å². The zero-order chi connectivity index (χ0) is 22.2. The number of fused-ring (bicyclic) bond motifs is 2. The molecule has 32 heavy (non-hydrogen) atoms. The quantitative estimate of drug-likeness (QED) is 0.373. The number of carbonyl (C=O) groups excluding carboxylic acids is 1. The summed E-state index contributed by atoms with van der Waals surface area (Å²) in [5, 5.41) is 12.9. The molecule has 0 fully saturated rings. The summed E-state index contributed by atoms with van der Waals surface area (Å²) >= 11 is 1.58. The Morgan fingerprint density at radius 3 is 2.84 bits per heavy atom. The number of para-hydroxylation sites is 1. The molecule has 5 rings (SSSR count). The van der Waals surface area contributed by atoms with E-state index >= 15 is 0 Å². The van der Waals surface area contributed by atoms with Crippen molar-refractivity contribution in [2.24, 2.45) is 0 Å². The number of allylic oxidation sites excluding steroid dienone is 1. The molecular formula is C24H24N6OS. The molecule has 7 nitrogen and oxygen atoms in total. The molecular weight excluding hydrogens is 420 g/mol. The number of nitrogens with zero attached hydrogens (tertiary/aromatic N) is 3. The number of thioether (sulfide) groups is 1. The van der Waals surface area contributed by atoms with Gasteiger partial charge in [0.05, 0.1) is 5.57 Å². The molecule has 8 heteroatoms. The first kappa shape index (κ1) is 20.4. The van der Waals surface area contributed by atoms with Gasteiger partial charge in [0.15, 0.2) is 0 Å². The molecule has 0 aliphatic carbocycles. The number of H-pyrrole nitrogens is 1. The average Bonchev–Trinajstić information content (AvgIpc) is 3.36. The maximum absolute atomic E-state index is 13.6. The van der Waals surface area contributed by atoms with Crippen LogP contribution in [-0.4, -0.2) is 31.4 Å². The number of carbonyl (C=O) groups is 1. The maximum atomic E-state index is 13.6. The molecule has 1 aliphatic rings. The van der Waals surface area contributed by atoms with E-state index in [1.807, 2.05) is 67.2 Å². The number of aromatic nitrogens is 4. The lowest BCUT2D eigenvalue weighted by molar-refractivity contribution is -0.113. The predicted octanol–water partition coefficient (Wildman–Crippen LogP) is 5.11. The second kappa shape index (κ2) is 8.20. The summed E-state index contributed by atoms with van der Waals surface area (Å²) in [6.45, 7) is 5.99. The van der Waals surface area contributed by atoms with Crippen LogP contribution >= 0.6 is 11.8 Å². The van der Waals surface area contributed by atoms with Crippen LogP contribution in [0.1, 0.15) is 31.0 Å². The van der Waals surface area contributed by atoms with E-state index in [2.05, 4.69) is 33.6 Å². The zero-order valence-electron chi connectivity index (χ0n) is 18.1. The number of aryl methyl sites for hydroxylation is 1. The van der Waals surface area contributed by atoms with Gasteiger partial charge in [0.25, 0.3) is 5.91 Å². The fraction of sp³-hybridized carbons (Fsp3) is 0.208. The molecule has 0 spiro atoms. The Kier molecular flexibility index (Phi) is 5.22. The molecule has 3 N–H and O–H groups in total. The van der Waals surface area contributed by atoms with Crippen LogP contribution in [0, 0.1) is 6.92 Å². The van der Waals surface area contributed by atoms with Gasteiger partial charge in [0, 0.05) is 34.0 Å². The summed E-state index contributed by atoms with van der Waals surface area (Å²) in [5.41, 5.74) is 5.22. The normalized spacial score (nSPS) is 15.5. The highest BCUT2D eigenvalue weighted by Crippen LogP contribution is 2.39. The fourth-order valence-electron chi connectivity index (χ4n) is 4.14. The van der Waals surface area contributed by atoms with E-state index in [9.17, 15) is 4.79 Å². The Balaban J connectivity index is 1.63. The Morgan fingerprint density at radius 2 is 2.03 bits per heavy atom. The lowest BCUT2D eigenvalue weighted by atomic mass is 9.94. The van der Waals surface area contributed by atoms with Crippen LogP contribution in [0.2, 0.25) is 0 Å². The van der Waals surface area contributed by atoms with Gasteiger partial charge in [-0.05, 0) is 43.4 Å². The van der Waals surface area contributed by atoms with E-state index in [-0.39, 0.29) is 5.91 Å². The molecule has 0 saturated heterocycles. The first-order chi connectivity index (χ1) is 15.5. The summed E-state index contributed by atoms with van der Waals surface area (Å²) in [6, 6.07) is 15.5. The number of hydrogen-bond donors (Lipinski definition) is 3. The van der Waals surface area contributed by atoms with Gasteiger partial charge >= 0.3 is 0 Å². The van der Waals surface area contributed by atoms with Gasteiger partial charge in [-0.3, -0.25) is 4.79 Å². The topological polar surface area (TPSA) is 87.6 Å². The third-order valence-corrected chi connectivity index (χ3v) is 6.26. The van der Waals surface area contributed by atoms with Crippen molar-refractivity contribution >= 4 is 40.2 Å². The second-order valence-corrected chi connectivity index (χ2v) is 9.01. The highest BCUT2D eigenvalue weighted by molar-refractivity contribution is 7.99.